The van der Waals surface area contributed by atoms with Gasteiger partial charge in [-0.25, -0.2) is 0 Å². The predicted octanol–water partition coefficient (Wildman–Crippen LogP) is 2.03. The summed E-state index contributed by atoms with van der Waals surface area (Å²) >= 11 is 0. The fraction of sp³-hybridized carbons (Fsp3) is 0.533. The number of fused-ring (bicyclic) bond motifs is 1. The highest BCUT2D eigenvalue weighted by Gasteiger charge is 2.24. The maximum atomic E-state index is 12.0. The molecule has 0 bridgehead atoms. The van der Waals surface area contributed by atoms with E-state index in [2.05, 4.69) is 29.6 Å². The Bertz CT molecular complexity index is 422. The smallest absolute Gasteiger partial charge is 0.223 e. The van der Waals surface area contributed by atoms with E-state index in [-0.39, 0.29) is 18.3 Å². The number of halogens is 1. The number of carbonyl (C=O) groups is 1. The minimum atomic E-state index is 0. The summed E-state index contributed by atoms with van der Waals surface area (Å²) in [6, 6.07) is 8.94. The van der Waals surface area contributed by atoms with Crippen LogP contribution in [0.5, 0.6) is 0 Å². The van der Waals surface area contributed by atoms with E-state index in [1.165, 1.54) is 11.1 Å². The lowest BCUT2D eigenvalue weighted by Gasteiger charge is -2.32. The number of carbonyl (C=O) groups excluding carboxylic acids is 1. The van der Waals surface area contributed by atoms with Gasteiger partial charge in [0.1, 0.15) is 0 Å². The third-order valence-corrected chi connectivity index (χ3v) is 3.85. The average molecular weight is 283 g/mol. The maximum Gasteiger partial charge on any atom is 0.223 e. The molecule has 1 aliphatic carbocycles. The van der Waals surface area contributed by atoms with E-state index in [0.717, 1.165) is 25.8 Å². The van der Waals surface area contributed by atoms with Crippen LogP contribution in [0.25, 0.3) is 0 Å². The van der Waals surface area contributed by atoms with Crippen molar-refractivity contribution in [2.45, 2.75) is 31.7 Å². The molecule has 1 aromatic rings. The minimum absolute atomic E-state index is 0. The van der Waals surface area contributed by atoms with E-state index in [0.29, 0.717) is 12.5 Å². The average Bonchev–Trinajstić information content (AvgIpc) is 2.43. The molecule has 106 valence electrons. The molecular formula is C15H23ClN2O. The number of benzene rings is 1. The topological polar surface area (TPSA) is 32.3 Å². The van der Waals surface area contributed by atoms with Gasteiger partial charge in [-0.2, -0.15) is 0 Å². The van der Waals surface area contributed by atoms with E-state index in [1.54, 1.807) is 0 Å². The number of amides is 1. The molecule has 0 spiro atoms. The Morgan fingerprint density at radius 2 is 2.05 bits per heavy atom. The Morgan fingerprint density at radius 1 is 1.37 bits per heavy atom. The highest BCUT2D eigenvalue weighted by Crippen LogP contribution is 2.24. The molecule has 19 heavy (non-hydrogen) atoms. The lowest BCUT2D eigenvalue weighted by molar-refractivity contribution is -0.132. The summed E-state index contributed by atoms with van der Waals surface area (Å²) in [4.78, 5) is 13.9. The molecule has 1 aromatic carbocycles. The number of hydrogen-bond acceptors (Lipinski definition) is 2. The summed E-state index contributed by atoms with van der Waals surface area (Å²) < 4.78 is 0. The van der Waals surface area contributed by atoms with Crippen LogP contribution in [-0.2, 0) is 17.6 Å². The first-order valence-electron chi connectivity index (χ1n) is 6.69. The Labute approximate surface area is 121 Å². The van der Waals surface area contributed by atoms with E-state index < -0.39 is 0 Å². The van der Waals surface area contributed by atoms with Crippen molar-refractivity contribution >= 4 is 18.3 Å². The quantitative estimate of drug-likeness (QED) is 0.917. The fourth-order valence-corrected chi connectivity index (χ4v) is 2.62. The number of rotatable bonds is 4. The first kappa shape index (κ1) is 16.0. The molecule has 0 saturated carbocycles. The minimum Gasteiger partial charge on any atom is -0.342 e. The fourth-order valence-electron chi connectivity index (χ4n) is 2.62. The van der Waals surface area contributed by atoms with Crippen LogP contribution in [0.15, 0.2) is 24.3 Å². The van der Waals surface area contributed by atoms with E-state index in [4.69, 9.17) is 0 Å². The van der Waals surface area contributed by atoms with Crippen molar-refractivity contribution in [3.8, 4) is 0 Å². The van der Waals surface area contributed by atoms with Gasteiger partial charge in [-0.1, -0.05) is 24.3 Å². The Kier molecular flexibility index (Phi) is 6.32. The first-order valence-corrected chi connectivity index (χ1v) is 6.69. The van der Waals surface area contributed by atoms with Gasteiger partial charge in [0.2, 0.25) is 5.91 Å². The molecule has 4 heteroatoms. The number of hydrogen-bond donors (Lipinski definition) is 1. The molecule has 0 heterocycles. The summed E-state index contributed by atoms with van der Waals surface area (Å²) in [5.41, 5.74) is 2.85. The zero-order chi connectivity index (χ0) is 13.0. The molecule has 1 unspecified atom stereocenters. The SMILES string of the molecule is CNCCC(=O)N(C)C1CCc2ccccc2C1.Cl. The normalized spacial score (nSPS) is 17.3. The molecule has 1 amide bonds. The van der Waals surface area contributed by atoms with Crippen LogP contribution in [0, 0.1) is 0 Å². The third-order valence-electron chi connectivity index (χ3n) is 3.85. The zero-order valence-corrected chi connectivity index (χ0v) is 12.5. The maximum absolute atomic E-state index is 12.0. The molecule has 0 aromatic heterocycles. The lowest BCUT2D eigenvalue weighted by atomic mass is 9.87. The van der Waals surface area contributed by atoms with Crippen molar-refractivity contribution in [2.24, 2.45) is 0 Å². The van der Waals surface area contributed by atoms with Crippen molar-refractivity contribution in [1.29, 1.82) is 0 Å². The molecule has 0 fully saturated rings. The van der Waals surface area contributed by atoms with Crippen molar-refractivity contribution in [1.82, 2.24) is 10.2 Å². The summed E-state index contributed by atoms with van der Waals surface area (Å²) in [7, 11) is 3.82. The second-order valence-corrected chi connectivity index (χ2v) is 5.02. The molecular weight excluding hydrogens is 260 g/mol. The van der Waals surface area contributed by atoms with Crippen molar-refractivity contribution < 1.29 is 4.79 Å². The van der Waals surface area contributed by atoms with Crippen LogP contribution in [-0.4, -0.2) is 37.5 Å². The van der Waals surface area contributed by atoms with Gasteiger partial charge in [0, 0.05) is 26.1 Å². The van der Waals surface area contributed by atoms with Gasteiger partial charge in [-0.05, 0) is 37.4 Å². The van der Waals surface area contributed by atoms with Gasteiger partial charge in [-0.15, -0.1) is 12.4 Å². The second kappa shape index (κ2) is 7.51. The molecule has 0 saturated heterocycles. The monoisotopic (exact) mass is 282 g/mol. The Balaban J connectivity index is 0.00000180. The molecule has 2 rings (SSSR count). The van der Waals surface area contributed by atoms with E-state index in [9.17, 15) is 4.79 Å². The Hall–Kier alpha value is -1.06. The van der Waals surface area contributed by atoms with Gasteiger partial charge < -0.3 is 10.2 Å². The van der Waals surface area contributed by atoms with Crippen LogP contribution in [0.1, 0.15) is 24.0 Å². The molecule has 1 N–H and O–H groups in total. The van der Waals surface area contributed by atoms with Crippen LogP contribution in [0.3, 0.4) is 0 Å². The van der Waals surface area contributed by atoms with Crippen LogP contribution in [0.4, 0.5) is 0 Å². The van der Waals surface area contributed by atoms with Gasteiger partial charge in [0.05, 0.1) is 0 Å². The highest BCUT2D eigenvalue weighted by molar-refractivity contribution is 5.85. The first-order chi connectivity index (χ1) is 8.72. The number of likely N-dealkylation sites (N-methyl/N-ethyl adjacent to an activating group) is 1. The van der Waals surface area contributed by atoms with E-state index in [1.807, 2.05) is 19.0 Å². The zero-order valence-electron chi connectivity index (χ0n) is 11.7. The van der Waals surface area contributed by atoms with Crippen LogP contribution >= 0.6 is 12.4 Å². The largest absolute Gasteiger partial charge is 0.342 e. The lowest BCUT2D eigenvalue weighted by Crippen LogP contribution is -2.41. The molecule has 1 atom stereocenters. The Morgan fingerprint density at radius 3 is 2.74 bits per heavy atom. The number of nitrogens with zero attached hydrogens (tertiary/aromatic N) is 1. The van der Waals surface area contributed by atoms with Crippen molar-refractivity contribution in [2.75, 3.05) is 20.6 Å². The summed E-state index contributed by atoms with van der Waals surface area (Å²) in [5.74, 6) is 0.244. The highest BCUT2D eigenvalue weighted by atomic mass is 35.5. The molecule has 0 radical (unpaired) electrons. The van der Waals surface area contributed by atoms with Gasteiger partial charge in [-0.3, -0.25) is 4.79 Å². The predicted molar refractivity (Wildman–Crippen MR) is 80.8 cm³/mol. The molecule has 0 aliphatic heterocycles. The van der Waals surface area contributed by atoms with Crippen molar-refractivity contribution in [3.63, 3.8) is 0 Å². The summed E-state index contributed by atoms with van der Waals surface area (Å²) in [6.45, 7) is 0.756. The van der Waals surface area contributed by atoms with Crippen LogP contribution < -0.4 is 5.32 Å². The van der Waals surface area contributed by atoms with Gasteiger partial charge >= 0.3 is 0 Å². The third kappa shape index (κ3) is 3.95. The second-order valence-electron chi connectivity index (χ2n) is 5.02. The number of nitrogens with one attached hydrogen (secondary N) is 1. The van der Waals surface area contributed by atoms with Gasteiger partial charge in [0.25, 0.3) is 0 Å². The summed E-state index contributed by atoms with van der Waals surface area (Å²) in [6.07, 6.45) is 3.76. The van der Waals surface area contributed by atoms with E-state index >= 15 is 0 Å². The van der Waals surface area contributed by atoms with Crippen LogP contribution in [0.2, 0.25) is 0 Å². The molecule has 3 nitrogen and oxygen atoms in total. The standard InChI is InChI=1S/C15H22N2O.ClH/c1-16-10-9-15(18)17(2)14-8-7-12-5-3-4-6-13(12)11-14;/h3-6,14,16H,7-11H2,1-2H3;1H. The number of aryl methyl sites for hydroxylation is 1. The molecule has 1 aliphatic rings. The van der Waals surface area contributed by atoms with Gasteiger partial charge in [0.15, 0.2) is 0 Å². The van der Waals surface area contributed by atoms with Crippen molar-refractivity contribution in [3.05, 3.63) is 35.4 Å². The summed E-state index contributed by atoms with van der Waals surface area (Å²) in [5, 5.41) is 3.02.